The number of aliphatic hydroxyl groups excluding tert-OH is 1. The highest BCUT2D eigenvalue weighted by Crippen LogP contribution is 2.37. The van der Waals surface area contributed by atoms with Crippen molar-refractivity contribution in [3.05, 3.63) is 76.4 Å². The van der Waals surface area contributed by atoms with Crippen LogP contribution in [0.2, 0.25) is 10.0 Å². The predicted molar refractivity (Wildman–Crippen MR) is 185 cm³/mol. The van der Waals surface area contributed by atoms with Crippen LogP contribution in [0.1, 0.15) is 43.4 Å². The molecule has 2 aliphatic heterocycles. The van der Waals surface area contributed by atoms with Gasteiger partial charge in [-0.3, -0.25) is 4.79 Å². The number of benzene rings is 2. The minimum atomic E-state index is -4.14. The van der Waals surface area contributed by atoms with E-state index >= 15 is 0 Å². The van der Waals surface area contributed by atoms with Crippen LogP contribution >= 0.6 is 23.2 Å². The average Bonchev–Trinajstić information content (AvgIpc) is 3.80. The molecule has 1 amide bonds. The molecule has 0 bridgehead atoms. The van der Waals surface area contributed by atoms with Gasteiger partial charge in [0.2, 0.25) is 15.9 Å². The number of aromatic nitrogens is 3. The number of pyridine rings is 1. The second kappa shape index (κ2) is 15.1. The Hall–Kier alpha value is -3.26. The number of rotatable bonds is 12. The highest BCUT2D eigenvalue weighted by atomic mass is 35.5. The number of imidazole rings is 1. The van der Waals surface area contributed by atoms with E-state index in [9.17, 15) is 13.2 Å². The number of nitrogens with one attached hydrogen (secondary N) is 1. The number of carbonyl (C=O) groups excluding carboxylic acids is 1. The summed E-state index contributed by atoms with van der Waals surface area (Å²) in [5.74, 6) is 0.531. The molecule has 4 aromatic rings. The van der Waals surface area contributed by atoms with Crippen LogP contribution in [0.3, 0.4) is 0 Å². The van der Waals surface area contributed by atoms with Gasteiger partial charge in [0, 0.05) is 60.3 Å². The van der Waals surface area contributed by atoms with Crippen molar-refractivity contribution >= 4 is 50.0 Å². The largest absolute Gasteiger partial charge is 0.487 e. The molecule has 0 saturated carbocycles. The molecule has 0 spiro atoms. The molecule has 2 N–H and O–H groups in total. The molecule has 4 heterocycles. The van der Waals surface area contributed by atoms with Crippen LogP contribution in [0.4, 0.5) is 0 Å². The summed E-state index contributed by atoms with van der Waals surface area (Å²) in [7, 11) is -4.14. The number of aliphatic hydroxyl groups is 1. The van der Waals surface area contributed by atoms with Crippen molar-refractivity contribution in [1.82, 2.24) is 29.1 Å². The van der Waals surface area contributed by atoms with E-state index in [2.05, 4.69) is 15.2 Å². The second-order valence-electron chi connectivity index (χ2n) is 12.4. The van der Waals surface area contributed by atoms with Crippen molar-refractivity contribution in [2.24, 2.45) is 5.92 Å². The maximum Gasteiger partial charge on any atom is 0.245 e. The molecule has 256 valence electrons. The van der Waals surface area contributed by atoms with Crippen LogP contribution in [-0.4, -0.2) is 88.5 Å². The minimum Gasteiger partial charge on any atom is -0.487 e. The van der Waals surface area contributed by atoms with Crippen molar-refractivity contribution in [2.45, 2.75) is 56.6 Å². The van der Waals surface area contributed by atoms with Crippen molar-refractivity contribution in [1.29, 1.82) is 0 Å². The summed E-state index contributed by atoms with van der Waals surface area (Å²) < 4.78 is 37.5. The normalized spacial score (nSPS) is 18.0. The fourth-order valence-corrected chi connectivity index (χ4v) is 9.13. The summed E-state index contributed by atoms with van der Waals surface area (Å²) in [6.07, 6.45) is 8.93. The van der Waals surface area contributed by atoms with E-state index in [-0.39, 0.29) is 40.6 Å². The van der Waals surface area contributed by atoms with Gasteiger partial charge in [-0.2, -0.15) is 4.31 Å². The Bertz CT molecular complexity index is 1870. The third kappa shape index (κ3) is 7.34. The fraction of sp³-hybridized carbons (Fsp3) is 0.441. The molecule has 6 rings (SSSR count). The Morgan fingerprint density at radius 2 is 1.94 bits per heavy atom. The number of amides is 1. The van der Waals surface area contributed by atoms with Crippen LogP contribution < -0.4 is 10.1 Å². The Labute approximate surface area is 290 Å². The lowest BCUT2D eigenvalue weighted by molar-refractivity contribution is -0.124. The van der Waals surface area contributed by atoms with E-state index in [0.29, 0.717) is 42.1 Å². The van der Waals surface area contributed by atoms with E-state index in [1.165, 1.54) is 16.4 Å². The maximum atomic E-state index is 14.0. The molecule has 2 aromatic carbocycles. The molecular formula is C34H40Cl2N6O5S. The highest BCUT2D eigenvalue weighted by Gasteiger charge is 2.41. The number of likely N-dealkylation sites (tertiary alicyclic amines) is 1. The molecule has 48 heavy (non-hydrogen) atoms. The van der Waals surface area contributed by atoms with Crippen LogP contribution in [0.5, 0.6) is 5.75 Å². The molecule has 11 nitrogen and oxygen atoms in total. The zero-order valence-electron chi connectivity index (χ0n) is 26.8. The summed E-state index contributed by atoms with van der Waals surface area (Å²) in [6, 6.07) is 9.64. The summed E-state index contributed by atoms with van der Waals surface area (Å²) in [6.45, 7) is 5.43. The third-order valence-electron chi connectivity index (χ3n) is 9.21. The first-order valence-electron chi connectivity index (χ1n) is 16.3. The molecule has 0 aliphatic carbocycles. The molecule has 14 heteroatoms. The average molecular weight is 716 g/mol. The molecule has 2 aromatic heterocycles. The van der Waals surface area contributed by atoms with Crippen molar-refractivity contribution < 1.29 is 23.1 Å². The number of carbonyl (C=O) groups is 1. The molecule has 1 atom stereocenters. The van der Waals surface area contributed by atoms with Gasteiger partial charge in [-0.15, -0.1) is 0 Å². The van der Waals surface area contributed by atoms with Gasteiger partial charge in [0.1, 0.15) is 28.8 Å². The van der Waals surface area contributed by atoms with Gasteiger partial charge in [0.05, 0.1) is 17.0 Å². The SMILES string of the molecule is Cc1cc(-n2ccnc2)c2cccc(OCc3c(Cl)ccc(S(=O)(=O)N4CCCC4C(=O)NCC4CCN(CCCO)CC4)c3Cl)c2n1. The first-order chi connectivity index (χ1) is 23.2. The number of ether oxygens (including phenoxy) is 1. The van der Waals surface area contributed by atoms with Crippen LogP contribution in [0.25, 0.3) is 16.6 Å². The van der Waals surface area contributed by atoms with E-state index in [1.54, 1.807) is 18.6 Å². The second-order valence-corrected chi connectivity index (χ2v) is 15.1. The quantitative estimate of drug-likeness (QED) is 0.210. The molecule has 2 saturated heterocycles. The van der Waals surface area contributed by atoms with Crippen LogP contribution in [0.15, 0.2) is 60.0 Å². The number of piperidine rings is 1. The van der Waals surface area contributed by atoms with E-state index in [1.807, 2.05) is 35.9 Å². The number of nitrogens with zero attached hydrogens (tertiary/aromatic N) is 5. The smallest absolute Gasteiger partial charge is 0.245 e. The van der Waals surface area contributed by atoms with Gasteiger partial charge in [-0.05, 0) is 82.3 Å². The molecule has 2 fully saturated rings. The lowest BCUT2D eigenvalue weighted by atomic mass is 9.96. The van der Waals surface area contributed by atoms with Gasteiger partial charge in [-0.25, -0.2) is 18.4 Å². The van der Waals surface area contributed by atoms with E-state index < -0.39 is 16.1 Å². The standard InChI is InChI=1S/C34H40Cl2N6O5S/c1-23-19-29(41-17-12-37-22-41)25-5-2-7-30(33(25)39-23)47-21-26-27(35)8-9-31(32(26)36)48(45,46)42-14-3-6-28(42)34(44)38-20-24-10-15-40(16-11-24)13-4-18-43/h2,5,7-9,12,17,19,22,24,28,43H,3-4,6,10-11,13-16,18,20-21H2,1H3,(H,38,44). The summed E-state index contributed by atoms with van der Waals surface area (Å²) >= 11 is 13.4. The van der Waals surface area contributed by atoms with Gasteiger partial charge >= 0.3 is 0 Å². The number of hydrogen-bond donors (Lipinski definition) is 2. The van der Waals surface area contributed by atoms with E-state index in [0.717, 1.165) is 55.7 Å². The minimum absolute atomic E-state index is 0.0370. The third-order valence-corrected chi connectivity index (χ3v) is 12.1. The lowest BCUT2D eigenvalue weighted by Crippen LogP contribution is -2.47. The van der Waals surface area contributed by atoms with Crippen LogP contribution in [0, 0.1) is 12.8 Å². The molecule has 0 radical (unpaired) electrons. The predicted octanol–water partition coefficient (Wildman–Crippen LogP) is 4.98. The zero-order valence-corrected chi connectivity index (χ0v) is 29.1. The maximum absolute atomic E-state index is 14.0. The van der Waals surface area contributed by atoms with Crippen molar-refractivity contribution in [3.8, 4) is 11.4 Å². The summed E-state index contributed by atoms with van der Waals surface area (Å²) in [5.41, 5.74) is 2.64. The Balaban J connectivity index is 1.16. The molecular weight excluding hydrogens is 675 g/mol. The number of aryl methyl sites for hydroxylation is 1. The number of fused-ring (bicyclic) bond motifs is 1. The summed E-state index contributed by atoms with van der Waals surface area (Å²) in [5, 5.41) is 13.2. The van der Waals surface area contributed by atoms with E-state index in [4.69, 9.17) is 38.0 Å². The van der Waals surface area contributed by atoms with Gasteiger partial charge in [-0.1, -0.05) is 35.3 Å². The van der Waals surface area contributed by atoms with Crippen molar-refractivity contribution in [2.75, 3.05) is 39.3 Å². The van der Waals surface area contributed by atoms with Crippen molar-refractivity contribution in [3.63, 3.8) is 0 Å². The van der Waals surface area contributed by atoms with Crippen LogP contribution in [-0.2, 0) is 21.4 Å². The summed E-state index contributed by atoms with van der Waals surface area (Å²) in [4.78, 5) is 24.4. The number of para-hydroxylation sites is 1. The molecule has 1 unspecified atom stereocenters. The monoisotopic (exact) mass is 714 g/mol. The van der Waals surface area contributed by atoms with Gasteiger partial charge in [0.25, 0.3) is 0 Å². The molecule has 2 aliphatic rings. The Kier molecular flexibility index (Phi) is 10.9. The van der Waals surface area contributed by atoms with Gasteiger partial charge in [0.15, 0.2) is 0 Å². The number of sulfonamides is 1. The number of hydrogen-bond acceptors (Lipinski definition) is 8. The first-order valence-corrected chi connectivity index (χ1v) is 18.5. The van der Waals surface area contributed by atoms with Gasteiger partial charge < -0.3 is 24.6 Å². The first kappa shape index (κ1) is 34.6. The lowest BCUT2D eigenvalue weighted by Gasteiger charge is -2.32. The Morgan fingerprint density at radius 1 is 1.12 bits per heavy atom. The highest BCUT2D eigenvalue weighted by molar-refractivity contribution is 7.89. The topological polar surface area (TPSA) is 130 Å². The zero-order chi connectivity index (χ0) is 33.8. The Morgan fingerprint density at radius 3 is 2.69 bits per heavy atom. The fourth-order valence-electron chi connectivity index (χ4n) is 6.61. The number of halogens is 2.